The van der Waals surface area contributed by atoms with Crippen molar-refractivity contribution in [2.45, 2.75) is 83.0 Å². The van der Waals surface area contributed by atoms with Gasteiger partial charge in [-0.05, 0) is 117 Å². The number of phenols is 1. The van der Waals surface area contributed by atoms with Gasteiger partial charge in [0.15, 0.2) is 5.82 Å². The molecule has 0 bridgehead atoms. The van der Waals surface area contributed by atoms with Gasteiger partial charge in [-0.15, -0.1) is 10.2 Å². The number of para-hydroxylation sites is 1. The predicted octanol–water partition coefficient (Wildman–Crippen LogP) is 6.57. The number of carbonyl (C=O) groups is 3. The number of fused-ring (bicyclic) bond motifs is 1. The number of hydrogen-bond acceptors (Lipinski definition) is 11. The summed E-state index contributed by atoms with van der Waals surface area (Å²) in [6, 6.07) is 17.0. The van der Waals surface area contributed by atoms with Crippen molar-refractivity contribution >= 4 is 46.1 Å². The van der Waals surface area contributed by atoms with Gasteiger partial charge < -0.3 is 29.9 Å². The van der Waals surface area contributed by atoms with Crippen LogP contribution in [-0.2, 0) is 9.53 Å². The first-order valence-corrected chi connectivity index (χ1v) is 22.6. The van der Waals surface area contributed by atoms with E-state index >= 15 is 0 Å². The van der Waals surface area contributed by atoms with E-state index in [1.54, 1.807) is 23.2 Å². The molecule has 10 rings (SSSR count). The molecule has 0 radical (unpaired) electrons. The van der Waals surface area contributed by atoms with Crippen LogP contribution in [0.25, 0.3) is 22.3 Å². The number of aromatic hydroxyl groups is 1. The lowest BCUT2D eigenvalue weighted by Crippen LogP contribution is -2.50. The van der Waals surface area contributed by atoms with Crippen molar-refractivity contribution in [3.63, 3.8) is 0 Å². The minimum atomic E-state index is -0.379. The number of urea groups is 1. The van der Waals surface area contributed by atoms with E-state index in [1.165, 1.54) is 18.4 Å². The van der Waals surface area contributed by atoms with Crippen LogP contribution < -0.4 is 20.9 Å². The lowest BCUT2D eigenvalue weighted by atomic mass is 9.85. The number of aromatic nitrogens is 4. The summed E-state index contributed by atoms with van der Waals surface area (Å²) in [5, 5.41) is 22.5. The number of nitrogen functional groups attached to an aromatic ring is 1. The van der Waals surface area contributed by atoms with Gasteiger partial charge in [0.2, 0.25) is 5.91 Å². The van der Waals surface area contributed by atoms with E-state index in [-0.39, 0.29) is 35.8 Å². The maximum absolute atomic E-state index is 13.9. The Bertz CT molecular complexity index is 2560. The minimum absolute atomic E-state index is 0.0660. The van der Waals surface area contributed by atoms with Crippen LogP contribution in [0.15, 0.2) is 67.0 Å². The molecule has 0 unspecified atom stereocenters. The van der Waals surface area contributed by atoms with Crippen molar-refractivity contribution in [2.75, 3.05) is 67.9 Å². The monoisotopic (exact) mass is 852 g/mol. The fourth-order valence-corrected chi connectivity index (χ4v) is 10.3. The first-order chi connectivity index (χ1) is 30.6. The number of imide groups is 1. The molecule has 63 heavy (non-hydrogen) atoms. The second-order valence-electron chi connectivity index (χ2n) is 18.3. The molecule has 2 aromatic carbocycles. The molecule has 2 aliphatic carbocycles. The Morgan fingerprint density at radius 3 is 2.46 bits per heavy atom. The zero-order chi connectivity index (χ0) is 43.4. The SMILES string of the molecule is Cc1cc(C(=O)N2CCN(CC3CCC(n4cc(C5CC5)c5cc(N6CCC(=O)NC6=O)cnc54)CC3)CC2)ccc1[C@@H]1CN(c2cc(-c3ccccc3O)nnc2N)C[C@H](C)O1. The molecular formula is C48H56N10O5. The summed E-state index contributed by atoms with van der Waals surface area (Å²) in [7, 11) is 0. The zero-order valence-electron chi connectivity index (χ0n) is 36.1. The van der Waals surface area contributed by atoms with E-state index in [0.717, 1.165) is 78.9 Å². The lowest BCUT2D eigenvalue weighted by molar-refractivity contribution is -0.120. The van der Waals surface area contributed by atoms with Crippen LogP contribution in [0.5, 0.6) is 5.75 Å². The largest absolute Gasteiger partial charge is 0.507 e. The highest BCUT2D eigenvalue weighted by Gasteiger charge is 2.34. The summed E-state index contributed by atoms with van der Waals surface area (Å²) < 4.78 is 8.88. The van der Waals surface area contributed by atoms with Crippen LogP contribution in [-0.4, -0.2) is 111 Å². The number of rotatable bonds is 9. The molecule has 15 nitrogen and oxygen atoms in total. The van der Waals surface area contributed by atoms with E-state index in [1.807, 2.05) is 55.1 Å². The molecule has 15 heteroatoms. The predicted molar refractivity (Wildman–Crippen MR) is 241 cm³/mol. The first-order valence-electron chi connectivity index (χ1n) is 22.6. The molecule has 5 aromatic rings. The number of nitrogens with zero attached hydrogens (tertiary/aromatic N) is 8. The van der Waals surface area contributed by atoms with Crippen molar-refractivity contribution in [3.8, 4) is 17.0 Å². The van der Waals surface area contributed by atoms with Crippen LogP contribution in [0, 0.1) is 12.8 Å². The third kappa shape index (κ3) is 8.31. The topological polar surface area (TPSA) is 175 Å². The summed E-state index contributed by atoms with van der Waals surface area (Å²) in [6.07, 6.45) is 11.0. The molecular weight excluding hydrogens is 797 g/mol. The molecule has 5 aliphatic rings. The number of anilines is 3. The number of nitrogens with one attached hydrogen (secondary N) is 1. The van der Waals surface area contributed by atoms with Gasteiger partial charge in [0.25, 0.3) is 5.91 Å². The zero-order valence-corrected chi connectivity index (χ0v) is 36.1. The standard InChI is InChI=1S/C48H56N10O5/c1-29-21-33(11-14-36(29)43-28-56(25-30(2)63-43)41-23-40(52-53-45(41)49)37-5-3-4-6-42(37)59)47(61)55-19-17-54(18-20-55)26-31-7-12-34(13-8-31)58-27-39(32-9-10-32)38-22-35(24-50-46(38)58)57-16-15-44(60)51-48(57)62/h3-6,11,14,21-24,27,30-32,34,43,59H,7-10,12-13,15-20,25-26,28H2,1-2H3,(H2,49,53)(H,51,60,62)/t30-,31?,34?,43-/m0/s1. The number of carbonyl (C=O) groups excluding carboxylic acids is 3. The number of aryl methyl sites for hydroxylation is 1. The average Bonchev–Trinajstić information content (AvgIpc) is 4.06. The van der Waals surface area contributed by atoms with Crippen LogP contribution in [0.4, 0.5) is 22.0 Å². The van der Waals surface area contributed by atoms with E-state index in [4.69, 9.17) is 15.5 Å². The summed E-state index contributed by atoms with van der Waals surface area (Å²) >= 11 is 0. The Hall–Kier alpha value is -6.06. The molecule has 3 aromatic heterocycles. The van der Waals surface area contributed by atoms with Gasteiger partial charge >= 0.3 is 6.03 Å². The number of hydrogen-bond donors (Lipinski definition) is 3. The van der Waals surface area contributed by atoms with Gasteiger partial charge in [0.05, 0.1) is 29.4 Å². The van der Waals surface area contributed by atoms with Crippen molar-refractivity contribution in [2.24, 2.45) is 5.92 Å². The Labute approximate surface area is 367 Å². The maximum atomic E-state index is 13.9. The molecule has 2 saturated carbocycles. The van der Waals surface area contributed by atoms with E-state index in [2.05, 4.69) is 42.1 Å². The molecule has 4 amide bonds. The molecule has 328 valence electrons. The van der Waals surface area contributed by atoms with Gasteiger partial charge in [-0.1, -0.05) is 18.2 Å². The first kappa shape index (κ1) is 41.0. The Kier molecular flexibility index (Phi) is 11.0. The Morgan fingerprint density at radius 2 is 1.71 bits per heavy atom. The summed E-state index contributed by atoms with van der Waals surface area (Å²) in [4.78, 5) is 51.4. The highest BCUT2D eigenvalue weighted by molar-refractivity contribution is 6.06. The van der Waals surface area contributed by atoms with Gasteiger partial charge in [-0.2, -0.15) is 0 Å². The highest BCUT2D eigenvalue weighted by atomic mass is 16.5. The van der Waals surface area contributed by atoms with E-state index in [9.17, 15) is 19.5 Å². The minimum Gasteiger partial charge on any atom is -0.507 e. The van der Waals surface area contributed by atoms with Crippen molar-refractivity contribution in [1.82, 2.24) is 34.9 Å². The molecule has 0 spiro atoms. The van der Waals surface area contributed by atoms with Crippen molar-refractivity contribution in [3.05, 3.63) is 89.2 Å². The van der Waals surface area contributed by atoms with Gasteiger partial charge in [-0.25, -0.2) is 9.78 Å². The number of phenolic OH excluding ortho intramolecular Hbond substituents is 1. The van der Waals surface area contributed by atoms with Crippen LogP contribution in [0.1, 0.15) is 97.0 Å². The number of ether oxygens (including phenoxy) is 1. The van der Waals surface area contributed by atoms with E-state index in [0.29, 0.717) is 79.7 Å². The number of piperazine rings is 1. The normalized spacial score (nSPS) is 23.6. The molecule has 3 aliphatic heterocycles. The third-order valence-corrected chi connectivity index (χ3v) is 13.9. The molecule has 5 fully saturated rings. The lowest BCUT2D eigenvalue weighted by Gasteiger charge is -2.39. The smallest absolute Gasteiger partial charge is 0.328 e. The molecule has 6 heterocycles. The second-order valence-corrected chi connectivity index (χ2v) is 18.3. The Balaban J connectivity index is 0.732. The molecule has 4 N–H and O–H groups in total. The summed E-state index contributed by atoms with van der Waals surface area (Å²) in [5.41, 5.74) is 14.1. The quantitative estimate of drug-likeness (QED) is 0.146. The number of amides is 4. The highest BCUT2D eigenvalue weighted by Crippen LogP contribution is 2.46. The van der Waals surface area contributed by atoms with Crippen molar-refractivity contribution in [1.29, 1.82) is 0 Å². The fraction of sp³-hybridized carbons (Fsp3) is 0.458. The molecule has 3 saturated heterocycles. The number of nitrogens with two attached hydrogens (primary N) is 1. The summed E-state index contributed by atoms with van der Waals surface area (Å²) in [5.74, 6) is 1.45. The van der Waals surface area contributed by atoms with Crippen molar-refractivity contribution < 1.29 is 24.2 Å². The third-order valence-electron chi connectivity index (χ3n) is 13.9. The number of pyridine rings is 1. The van der Waals surface area contributed by atoms with E-state index < -0.39 is 0 Å². The Morgan fingerprint density at radius 1 is 0.921 bits per heavy atom. The van der Waals surface area contributed by atoms with Gasteiger partial charge in [0, 0.05) is 87.5 Å². The second kappa shape index (κ2) is 16.9. The summed E-state index contributed by atoms with van der Waals surface area (Å²) in [6.45, 7) is 9.83. The van der Waals surface area contributed by atoms with Crippen LogP contribution >= 0.6 is 0 Å². The van der Waals surface area contributed by atoms with Crippen LogP contribution in [0.3, 0.4) is 0 Å². The fourth-order valence-electron chi connectivity index (χ4n) is 10.3. The number of morpholine rings is 1. The van der Waals surface area contributed by atoms with Crippen LogP contribution in [0.2, 0.25) is 0 Å². The van der Waals surface area contributed by atoms with Gasteiger partial charge in [0.1, 0.15) is 17.5 Å². The van der Waals surface area contributed by atoms with Gasteiger partial charge in [-0.3, -0.25) is 24.7 Å². The number of benzene rings is 2. The average molecular weight is 853 g/mol. The molecule has 2 atom stereocenters. The maximum Gasteiger partial charge on any atom is 0.328 e.